The number of nitrogens with one attached hydrogen (secondary N) is 2. The second-order valence-corrected chi connectivity index (χ2v) is 7.58. The van der Waals surface area contributed by atoms with Gasteiger partial charge in [-0.25, -0.2) is 4.79 Å². The Hall–Kier alpha value is -3.35. The molecule has 0 heterocycles. The quantitative estimate of drug-likeness (QED) is 0.589. The van der Waals surface area contributed by atoms with E-state index in [1.165, 1.54) is 0 Å². The molecular weight excluding hydrogens is 382 g/mol. The van der Waals surface area contributed by atoms with Crippen molar-refractivity contribution >= 4 is 17.9 Å². The first kappa shape index (κ1) is 22.9. The van der Waals surface area contributed by atoms with Crippen LogP contribution < -0.4 is 16.4 Å². The highest BCUT2D eigenvalue weighted by Crippen LogP contribution is 2.09. The third kappa shape index (κ3) is 7.24. The average Bonchev–Trinajstić information content (AvgIpc) is 2.71. The highest BCUT2D eigenvalue weighted by Gasteiger charge is 2.28. The van der Waals surface area contributed by atoms with E-state index in [-0.39, 0.29) is 18.9 Å². The molecule has 0 fully saturated rings. The van der Waals surface area contributed by atoms with Gasteiger partial charge in [0.05, 0.1) is 0 Å². The van der Waals surface area contributed by atoms with Crippen LogP contribution in [0.25, 0.3) is 0 Å². The molecule has 0 unspecified atom stereocenters. The van der Waals surface area contributed by atoms with Gasteiger partial charge in [-0.05, 0) is 24.0 Å². The van der Waals surface area contributed by atoms with Crippen LogP contribution in [0.1, 0.15) is 30.5 Å². The van der Waals surface area contributed by atoms with E-state index in [9.17, 15) is 14.4 Å². The molecule has 0 saturated carbocycles. The molecule has 0 aliphatic carbocycles. The van der Waals surface area contributed by atoms with Gasteiger partial charge in [-0.3, -0.25) is 9.59 Å². The van der Waals surface area contributed by atoms with Gasteiger partial charge in [0.15, 0.2) is 0 Å². The van der Waals surface area contributed by atoms with Gasteiger partial charge in [-0.2, -0.15) is 0 Å². The predicted octanol–water partition coefficient (Wildman–Crippen LogP) is 2.46. The molecule has 3 amide bonds. The fraction of sp³-hybridized carbons (Fsp3) is 0.348. The molecule has 4 N–H and O–H groups in total. The van der Waals surface area contributed by atoms with E-state index in [1.54, 1.807) is 13.8 Å². The number of hydrogen-bond donors (Lipinski definition) is 3. The van der Waals surface area contributed by atoms with Gasteiger partial charge in [-0.15, -0.1) is 0 Å². The van der Waals surface area contributed by atoms with Crippen LogP contribution >= 0.6 is 0 Å². The lowest BCUT2D eigenvalue weighted by atomic mass is 10.0. The molecule has 30 heavy (non-hydrogen) atoms. The van der Waals surface area contributed by atoms with Crippen molar-refractivity contribution in [3.8, 4) is 0 Å². The van der Waals surface area contributed by atoms with Gasteiger partial charge in [0.1, 0.15) is 18.7 Å². The Morgan fingerprint density at radius 3 is 2.13 bits per heavy atom. The lowest BCUT2D eigenvalue weighted by molar-refractivity contribution is -0.129. The Morgan fingerprint density at radius 2 is 1.57 bits per heavy atom. The summed E-state index contributed by atoms with van der Waals surface area (Å²) >= 11 is 0. The zero-order valence-corrected chi connectivity index (χ0v) is 17.6. The maximum absolute atomic E-state index is 12.8. The van der Waals surface area contributed by atoms with E-state index in [4.69, 9.17) is 10.5 Å². The smallest absolute Gasteiger partial charge is 0.408 e. The normalized spacial score (nSPS) is 12.7. The summed E-state index contributed by atoms with van der Waals surface area (Å²) in [4.78, 5) is 36.8. The summed E-state index contributed by atoms with van der Waals surface area (Å²) in [5.41, 5.74) is 8.29. The van der Waals surface area contributed by atoms with Crippen LogP contribution in [0.3, 0.4) is 0 Å². The van der Waals surface area contributed by atoms with Gasteiger partial charge >= 0.3 is 6.09 Å². The van der Waals surface area contributed by atoms with Crippen molar-refractivity contribution in [3.63, 3.8) is 0 Å². The maximum atomic E-state index is 12.8. The number of aryl methyl sites for hydroxylation is 1. The summed E-state index contributed by atoms with van der Waals surface area (Å²) < 4.78 is 5.20. The second-order valence-electron chi connectivity index (χ2n) is 7.58. The van der Waals surface area contributed by atoms with Gasteiger partial charge in [0.25, 0.3) is 0 Å². The first-order valence-corrected chi connectivity index (χ1v) is 9.88. The molecule has 0 aromatic heterocycles. The summed E-state index contributed by atoms with van der Waals surface area (Å²) in [6.45, 7) is 5.64. The maximum Gasteiger partial charge on any atom is 0.408 e. The molecule has 0 radical (unpaired) electrons. The van der Waals surface area contributed by atoms with E-state index in [2.05, 4.69) is 10.6 Å². The molecule has 0 spiro atoms. The lowest BCUT2D eigenvalue weighted by Gasteiger charge is -2.24. The number of nitrogens with two attached hydrogens (primary N) is 1. The molecule has 2 aromatic carbocycles. The fourth-order valence-corrected chi connectivity index (χ4v) is 2.87. The highest BCUT2D eigenvalue weighted by molar-refractivity contribution is 5.91. The number of carbonyl (C=O) groups excluding carboxylic acids is 3. The minimum atomic E-state index is -0.886. The lowest BCUT2D eigenvalue weighted by Crippen LogP contribution is -2.55. The van der Waals surface area contributed by atoms with Crippen molar-refractivity contribution < 1.29 is 19.1 Å². The van der Waals surface area contributed by atoms with Gasteiger partial charge in [0.2, 0.25) is 11.8 Å². The monoisotopic (exact) mass is 411 g/mol. The first-order valence-electron chi connectivity index (χ1n) is 9.88. The zero-order valence-electron chi connectivity index (χ0n) is 17.6. The summed E-state index contributed by atoms with van der Waals surface area (Å²) in [5, 5.41) is 5.23. The number of rotatable bonds is 9. The van der Waals surface area contributed by atoms with Crippen LogP contribution in [0, 0.1) is 12.8 Å². The summed E-state index contributed by atoms with van der Waals surface area (Å²) in [6, 6.07) is 15.1. The minimum absolute atomic E-state index is 0.0937. The third-order valence-corrected chi connectivity index (χ3v) is 4.66. The van der Waals surface area contributed by atoms with E-state index in [0.717, 1.165) is 16.7 Å². The van der Waals surface area contributed by atoms with Crippen LogP contribution in [-0.2, 0) is 27.4 Å². The summed E-state index contributed by atoms with van der Waals surface area (Å²) in [6.07, 6.45) is -0.438. The van der Waals surface area contributed by atoms with Crippen LogP contribution in [0.15, 0.2) is 54.6 Å². The molecular formula is C23H29N3O4. The largest absolute Gasteiger partial charge is 0.445 e. The predicted molar refractivity (Wildman–Crippen MR) is 114 cm³/mol. The fourth-order valence-electron chi connectivity index (χ4n) is 2.87. The molecule has 160 valence electrons. The van der Waals surface area contributed by atoms with Crippen molar-refractivity contribution in [2.75, 3.05) is 0 Å². The molecule has 2 aromatic rings. The van der Waals surface area contributed by atoms with Crippen molar-refractivity contribution in [2.45, 2.75) is 45.9 Å². The number of benzene rings is 2. The third-order valence-electron chi connectivity index (χ3n) is 4.66. The molecule has 7 nitrogen and oxygen atoms in total. The minimum Gasteiger partial charge on any atom is -0.445 e. The van der Waals surface area contributed by atoms with E-state index in [0.29, 0.717) is 0 Å². The Balaban J connectivity index is 1.97. The molecule has 0 bridgehead atoms. The first-order chi connectivity index (χ1) is 14.3. The zero-order chi connectivity index (χ0) is 22.1. The number of carbonyl (C=O) groups is 3. The standard InChI is InChI=1S/C23H29N3O4/c1-15(2)20(26-23(29)30-14-18-7-5-4-6-8-18)22(28)25-19(21(24)27)13-17-11-9-16(3)10-12-17/h4-12,15,19-20H,13-14H2,1-3H3,(H2,24,27)(H,25,28)(H,26,29)/t19-,20-/m1/s1. The summed E-state index contributed by atoms with van der Waals surface area (Å²) in [7, 11) is 0. The Bertz CT molecular complexity index is 851. The van der Waals surface area contributed by atoms with Gasteiger partial charge < -0.3 is 21.1 Å². The van der Waals surface area contributed by atoms with E-state index in [1.807, 2.05) is 61.5 Å². The van der Waals surface area contributed by atoms with Gasteiger partial charge in [0, 0.05) is 6.42 Å². The number of ether oxygens (including phenoxy) is 1. The van der Waals surface area contributed by atoms with Crippen molar-refractivity contribution in [3.05, 3.63) is 71.3 Å². The molecule has 0 aliphatic heterocycles. The van der Waals surface area contributed by atoms with Crippen molar-refractivity contribution in [1.82, 2.24) is 10.6 Å². The Morgan fingerprint density at radius 1 is 0.933 bits per heavy atom. The second kappa shape index (κ2) is 11.0. The van der Waals surface area contributed by atoms with Gasteiger partial charge in [-0.1, -0.05) is 74.0 Å². The molecule has 2 rings (SSSR count). The Kier molecular flexibility index (Phi) is 8.41. The van der Waals surface area contributed by atoms with Crippen molar-refractivity contribution in [2.24, 2.45) is 11.7 Å². The van der Waals surface area contributed by atoms with Crippen LogP contribution in [0.4, 0.5) is 4.79 Å². The highest BCUT2D eigenvalue weighted by atomic mass is 16.5. The molecule has 2 atom stereocenters. The van der Waals surface area contributed by atoms with E-state index < -0.39 is 30.0 Å². The van der Waals surface area contributed by atoms with Crippen molar-refractivity contribution in [1.29, 1.82) is 0 Å². The van der Waals surface area contributed by atoms with Crippen LogP contribution in [-0.4, -0.2) is 30.0 Å². The molecule has 7 heteroatoms. The van der Waals surface area contributed by atoms with Crippen LogP contribution in [0.5, 0.6) is 0 Å². The Labute approximate surface area is 177 Å². The van der Waals surface area contributed by atoms with E-state index >= 15 is 0 Å². The molecule has 0 aliphatic rings. The van der Waals surface area contributed by atoms with Crippen LogP contribution in [0.2, 0.25) is 0 Å². The molecule has 0 saturated heterocycles. The average molecular weight is 412 g/mol. The number of alkyl carbamates (subject to hydrolysis) is 1. The summed E-state index contributed by atoms with van der Waals surface area (Å²) in [5.74, 6) is -1.35. The number of primary amides is 1. The number of amides is 3. The SMILES string of the molecule is Cc1ccc(C[C@@H](NC(=O)[C@H](NC(=O)OCc2ccccc2)C(C)C)C(N)=O)cc1. The topological polar surface area (TPSA) is 111 Å². The number of hydrogen-bond acceptors (Lipinski definition) is 4.